The number of esters is 1. The van der Waals surface area contributed by atoms with Crippen molar-refractivity contribution >= 4 is 5.97 Å². The van der Waals surface area contributed by atoms with Gasteiger partial charge in [0.2, 0.25) is 0 Å². The third kappa shape index (κ3) is 10.1. The van der Waals surface area contributed by atoms with Crippen molar-refractivity contribution in [3.8, 4) is 17.0 Å². The Morgan fingerprint density at radius 2 is 1.42 bits per heavy atom. The molecular formula is C33H49NO2. The zero-order valence-electron chi connectivity index (χ0n) is 23.0. The maximum absolute atomic E-state index is 12.7. The van der Waals surface area contributed by atoms with Crippen molar-refractivity contribution in [3.63, 3.8) is 0 Å². The minimum atomic E-state index is -0.0543. The average Bonchev–Trinajstić information content (AvgIpc) is 2.92. The van der Waals surface area contributed by atoms with Gasteiger partial charge in [-0.05, 0) is 80.3 Å². The number of hydrogen-bond donors (Lipinski definition) is 0. The summed E-state index contributed by atoms with van der Waals surface area (Å²) >= 11 is 0. The van der Waals surface area contributed by atoms with Gasteiger partial charge in [-0.2, -0.15) is 0 Å². The number of carbonyl (C=O) groups excluding carboxylic acids is 1. The third-order valence-electron chi connectivity index (χ3n) is 7.91. The molecule has 3 nitrogen and oxygen atoms in total. The standard InChI is InChI=1S/C33H49NO2/c1-3-5-7-9-11-13-15-28-18-25-32(34-26-28)29-21-23-31(24-22-29)36-33(35)30-19-16-27(17-20-30)14-12-10-8-6-4-2/h18,21-27,30H,3-17,19-20H2,1-2H3/t27-,30-. The van der Waals surface area contributed by atoms with Gasteiger partial charge in [-0.3, -0.25) is 9.78 Å². The number of aryl methyl sites for hydroxylation is 1. The molecule has 1 aromatic carbocycles. The number of benzene rings is 1. The second-order valence-electron chi connectivity index (χ2n) is 10.9. The van der Waals surface area contributed by atoms with Crippen LogP contribution in [0.25, 0.3) is 11.3 Å². The highest BCUT2D eigenvalue weighted by Gasteiger charge is 2.27. The summed E-state index contributed by atoms with van der Waals surface area (Å²) in [5.41, 5.74) is 3.33. The predicted molar refractivity (Wildman–Crippen MR) is 151 cm³/mol. The van der Waals surface area contributed by atoms with Gasteiger partial charge >= 0.3 is 5.97 Å². The lowest BCUT2D eigenvalue weighted by molar-refractivity contribution is -0.140. The van der Waals surface area contributed by atoms with Crippen LogP contribution < -0.4 is 4.74 Å². The topological polar surface area (TPSA) is 39.2 Å². The molecule has 1 aliphatic rings. The quantitative estimate of drug-likeness (QED) is 0.133. The molecule has 1 aromatic heterocycles. The summed E-state index contributed by atoms with van der Waals surface area (Å²) in [6, 6.07) is 12.1. The summed E-state index contributed by atoms with van der Waals surface area (Å²) < 4.78 is 5.74. The van der Waals surface area contributed by atoms with E-state index in [0.717, 1.165) is 36.4 Å². The van der Waals surface area contributed by atoms with E-state index in [-0.39, 0.29) is 11.9 Å². The lowest BCUT2D eigenvalue weighted by Gasteiger charge is -2.27. The van der Waals surface area contributed by atoms with E-state index in [1.807, 2.05) is 30.5 Å². The Balaban J connectivity index is 1.37. The Labute approximate surface area is 220 Å². The van der Waals surface area contributed by atoms with E-state index in [9.17, 15) is 4.79 Å². The van der Waals surface area contributed by atoms with Gasteiger partial charge in [-0.1, -0.05) is 90.5 Å². The zero-order valence-corrected chi connectivity index (χ0v) is 23.0. The molecule has 0 atom stereocenters. The van der Waals surface area contributed by atoms with Gasteiger partial charge in [0.05, 0.1) is 11.6 Å². The molecule has 36 heavy (non-hydrogen) atoms. The fraction of sp³-hybridized carbons (Fsp3) is 0.636. The molecule has 198 valence electrons. The summed E-state index contributed by atoms with van der Waals surface area (Å²) in [5, 5.41) is 0. The number of ether oxygens (including phenoxy) is 1. The normalized spacial score (nSPS) is 17.7. The number of rotatable bonds is 16. The van der Waals surface area contributed by atoms with E-state index >= 15 is 0 Å². The van der Waals surface area contributed by atoms with E-state index in [1.54, 1.807) is 0 Å². The highest BCUT2D eigenvalue weighted by atomic mass is 16.5. The number of aromatic nitrogens is 1. The summed E-state index contributed by atoms with van der Waals surface area (Å²) in [6.45, 7) is 4.53. The second kappa shape index (κ2) is 16.6. The number of carbonyl (C=O) groups is 1. The molecule has 0 unspecified atom stereocenters. The van der Waals surface area contributed by atoms with Gasteiger partial charge in [-0.25, -0.2) is 0 Å². The Morgan fingerprint density at radius 3 is 2.06 bits per heavy atom. The Morgan fingerprint density at radius 1 is 0.778 bits per heavy atom. The molecule has 0 amide bonds. The summed E-state index contributed by atoms with van der Waals surface area (Å²) in [7, 11) is 0. The molecule has 0 radical (unpaired) electrons. The van der Waals surface area contributed by atoms with Gasteiger partial charge in [0, 0.05) is 11.8 Å². The van der Waals surface area contributed by atoms with Crippen molar-refractivity contribution in [2.75, 3.05) is 0 Å². The predicted octanol–water partition coefficient (Wildman–Crippen LogP) is 9.72. The van der Waals surface area contributed by atoms with Crippen LogP contribution in [0.3, 0.4) is 0 Å². The van der Waals surface area contributed by atoms with Gasteiger partial charge < -0.3 is 4.74 Å². The van der Waals surface area contributed by atoms with Crippen LogP contribution in [0.1, 0.15) is 122 Å². The maximum Gasteiger partial charge on any atom is 0.314 e. The smallest absolute Gasteiger partial charge is 0.314 e. The molecule has 0 bridgehead atoms. The first-order valence-corrected chi connectivity index (χ1v) is 15.0. The fourth-order valence-electron chi connectivity index (χ4n) is 5.47. The van der Waals surface area contributed by atoms with Crippen LogP contribution in [0.15, 0.2) is 42.6 Å². The summed E-state index contributed by atoms with van der Waals surface area (Å²) in [4.78, 5) is 17.4. The monoisotopic (exact) mass is 491 g/mol. The maximum atomic E-state index is 12.7. The Hall–Kier alpha value is -2.16. The minimum Gasteiger partial charge on any atom is -0.426 e. The summed E-state index contributed by atoms with van der Waals surface area (Å²) in [6.07, 6.45) is 23.4. The van der Waals surface area contributed by atoms with Crippen LogP contribution in [-0.4, -0.2) is 11.0 Å². The van der Waals surface area contributed by atoms with Gasteiger partial charge in [0.1, 0.15) is 5.75 Å². The lowest BCUT2D eigenvalue weighted by Crippen LogP contribution is -2.25. The molecule has 2 aromatic rings. The average molecular weight is 492 g/mol. The van der Waals surface area contributed by atoms with E-state index < -0.39 is 0 Å². The minimum absolute atomic E-state index is 0.0543. The first-order valence-electron chi connectivity index (χ1n) is 15.0. The Bertz CT molecular complexity index is 850. The zero-order chi connectivity index (χ0) is 25.4. The molecule has 1 fully saturated rings. The lowest BCUT2D eigenvalue weighted by atomic mass is 9.80. The summed E-state index contributed by atoms with van der Waals surface area (Å²) in [5.74, 6) is 1.45. The molecule has 1 aliphatic carbocycles. The van der Waals surface area contributed by atoms with E-state index in [4.69, 9.17) is 4.74 Å². The number of pyridine rings is 1. The fourth-order valence-corrected chi connectivity index (χ4v) is 5.47. The number of nitrogens with zero attached hydrogens (tertiary/aromatic N) is 1. The van der Waals surface area contributed by atoms with Crippen molar-refractivity contribution in [2.24, 2.45) is 11.8 Å². The second-order valence-corrected chi connectivity index (χ2v) is 10.9. The SMILES string of the molecule is CCCCCCCCc1ccc(-c2ccc(OC(=O)[C@H]3CC[C@H](CCCCCCC)CC3)cc2)nc1. The van der Waals surface area contributed by atoms with Crippen LogP contribution in [0.2, 0.25) is 0 Å². The van der Waals surface area contributed by atoms with E-state index in [0.29, 0.717) is 5.75 Å². The van der Waals surface area contributed by atoms with Gasteiger partial charge in [0.25, 0.3) is 0 Å². The van der Waals surface area contributed by atoms with Crippen LogP contribution in [-0.2, 0) is 11.2 Å². The van der Waals surface area contributed by atoms with E-state index in [2.05, 4.69) is 31.0 Å². The molecule has 1 saturated carbocycles. The molecule has 0 saturated heterocycles. The molecule has 0 aliphatic heterocycles. The largest absolute Gasteiger partial charge is 0.426 e. The molecule has 0 spiro atoms. The van der Waals surface area contributed by atoms with Crippen molar-refractivity contribution in [3.05, 3.63) is 48.2 Å². The molecule has 3 rings (SSSR count). The van der Waals surface area contributed by atoms with Crippen LogP contribution in [0, 0.1) is 11.8 Å². The Kier molecular flexibility index (Phi) is 13.1. The number of hydrogen-bond acceptors (Lipinski definition) is 3. The van der Waals surface area contributed by atoms with Crippen molar-refractivity contribution in [2.45, 2.75) is 123 Å². The van der Waals surface area contributed by atoms with Gasteiger partial charge in [-0.15, -0.1) is 0 Å². The molecule has 0 N–H and O–H groups in total. The van der Waals surface area contributed by atoms with Gasteiger partial charge in [0.15, 0.2) is 0 Å². The van der Waals surface area contributed by atoms with Crippen LogP contribution in [0.5, 0.6) is 5.75 Å². The number of unbranched alkanes of at least 4 members (excludes halogenated alkanes) is 9. The molecular weight excluding hydrogens is 442 g/mol. The van der Waals surface area contributed by atoms with E-state index in [1.165, 1.54) is 95.5 Å². The van der Waals surface area contributed by atoms with Crippen LogP contribution >= 0.6 is 0 Å². The van der Waals surface area contributed by atoms with Crippen molar-refractivity contribution in [1.29, 1.82) is 0 Å². The first kappa shape index (κ1) is 28.4. The van der Waals surface area contributed by atoms with Crippen molar-refractivity contribution < 1.29 is 9.53 Å². The highest BCUT2D eigenvalue weighted by Crippen LogP contribution is 2.33. The molecule has 1 heterocycles. The third-order valence-corrected chi connectivity index (χ3v) is 7.91. The van der Waals surface area contributed by atoms with Crippen molar-refractivity contribution in [1.82, 2.24) is 4.98 Å². The highest BCUT2D eigenvalue weighted by molar-refractivity contribution is 5.75. The molecule has 3 heteroatoms. The van der Waals surface area contributed by atoms with Crippen LogP contribution in [0.4, 0.5) is 0 Å². The first-order chi connectivity index (χ1) is 17.7.